The maximum Gasteiger partial charge on any atom is 0.275 e. The van der Waals surface area contributed by atoms with Gasteiger partial charge in [-0.25, -0.2) is 8.78 Å². The van der Waals surface area contributed by atoms with Crippen LogP contribution in [-0.2, 0) is 4.79 Å². The highest BCUT2D eigenvalue weighted by atomic mass is 32.2. The number of halogens is 2. The minimum absolute atomic E-state index is 0.157. The first-order valence-corrected chi connectivity index (χ1v) is 14.9. The Bertz CT molecular complexity index is 1500. The van der Waals surface area contributed by atoms with Gasteiger partial charge < -0.3 is 19.9 Å². The number of hydrogen-bond acceptors (Lipinski definition) is 5. The molecule has 0 spiro atoms. The fraction of sp³-hybridized carbons (Fsp3) is 0.281. The molecule has 10 heteroatoms. The van der Waals surface area contributed by atoms with Gasteiger partial charge in [-0.1, -0.05) is 30.3 Å². The van der Waals surface area contributed by atoms with Crippen LogP contribution in [0.1, 0.15) is 39.6 Å². The molecule has 0 radical (unpaired) electrons. The first-order valence-electron chi connectivity index (χ1n) is 13.8. The molecule has 0 saturated carbocycles. The Kier molecular flexibility index (Phi) is 8.91. The molecule has 0 aromatic heterocycles. The second-order valence-corrected chi connectivity index (χ2v) is 11.1. The van der Waals surface area contributed by atoms with E-state index in [9.17, 15) is 14.4 Å². The number of nitrogens with one attached hydrogen (secondary N) is 1. The fourth-order valence-corrected chi connectivity index (χ4v) is 5.92. The van der Waals surface area contributed by atoms with Gasteiger partial charge in [0.15, 0.2) is 0 Å². The van der Waals surface area contributed by atoms with E-state index in [1.165, 1.54) is 11.0 Å². The Morgan fingerprint density at radius 2 is 1.64 bits per heavy atom. The van der Waals surface area contributed by atoms with Crippen molar-refractivity contribution in [1.29, 1.82) is 0 Å². The maximum absolute atomic E-state index is 15.5. The van der Waals surface area contributed by atoms with Crippen molar-refractivity contribution in [2.75, 3.05) is 48.0 Å². The number of fused-ring (bicyclic) bond motifs is 1. The zero-order valence-corrected chi connectivity index (χ0v) is 24.0. The van der Waals surface area contributed by atoms with Gasteiger partial charge in [-0.2, -0.15) is 11.8 Å². The quantitative estimate of drug-likeness (QED) is 0.357. The first-order chi connectivity index (χ1) is 20.3. The van der Waals surface area contributed by atoms with Crippen LogP contribution in [0.5, 0.6) is 5.75 Å². The number of nitrogens with zero attached hydrogens (tertiary/aromatic N) is 2. The van der Waals surface area contributed by atoms with Crippen molar-refractivity contribution in [2.45, 2.75) is 19.3 Å². The summed E-state index contributed by atoms with van der Waals surface area (Å²) in [5, 5.41) is 2.80. The molecule has 0 unspecified atom stereocenters. The summed E-state index contributed by atoms with van der Waals surface area (Å²) in [4.78, 5) is 42.4. The van der Waals surface area contributed by atoms with Gasteiger partial charge in [0, 0.05) is 66.0 Å². The molecule has 1 fully saturated rings. The predicted molar refractivity (Wildman–Crippen MR) is 162 cm³/mol. The molecule has 42 heavy (non-hydrogen) atoms. The van der Waals surface area contributed by atoms with Crippen LogP contribution in [0.15, 0.2) is 78.9 Å². The molecule has 2 aliphatic heterocycles. The number of anilines is 2. The summed E-state index contributed by atoms with van der Waals surface area (Å²) in [7, 11) is 0. The second kappa shape index (κ2) is 12.8. The fourth-order valence-electron chi connectivity index (χ4n) is 5.02. The molecular formula is C32H31F2N3O4S. The van der Waals surface area contributed by atoms with Crippen LogP contribution in [0.2, 0.25) is 0 Å². The number of allylic oxidation sites excluding steroid dienone is 1. The Morgan fingerprint density at radius 3 is 2.38 bits per heavy atom. The van der Waals surface area contributed by atoms with Crippen LogP contribution in [0.3, 0.4) is 0 Å². The monoisotopic (exact) mass is 591 g/mol. The smallest absolute Gasteiger partial charge is 0.275 e. The molecule has 3 amide bonds. The van der Waals surface area contributed by atoms with E-state index >= 15 is 8.78 Å². The molecule has 3 aromatic carbocycles. The van der Waals surface area contributed by atoms with Gasteiger partial charge >= 0.3 is 0 Å². The van der Waals surface area contributed by atoms with Crippen molar-refractivity contribution in [3.8, 4) is 5.75 Å². The van der Waals surface area contributed by atoms with Crippen molar-refractivity contribution >= 4 is 46.4 Å². The molecule has 0 atom stereocenters. The van der Waals surface area contributed by atoms with Crippen molar-refractivity contribution in [3.05, 3.63) is 95.6 Å². The van der Waals surface area contributed by atoms with Crippen LogP contribution < -0.4 is 15.0 Å². The predicted octanol–water partition coefficient (Wildman–Crippen LogP) is 5.98. The lowest BCUT2D eigenvalue weighted by Crippen LogP contribution is -2.37. The SMILES string of the molecule is CCOc1ccccc1C(=O)Nc1ccc(C(=O)N2CCC(F)(F)C(=CC(=O)N3CCSCC3)c3ccccc32)cc1. The minimum Gasteiger partial charge on any atom is -0.493 e. The molecule has 0 aliphatic carbocycles. The van der Waals surface area contributed by atoms with Crippen LogP contribution in [-0.4, -0.2) is 66.3 Å². The Hall–Kier alpha value is -4.18. The van der Waals surface area contributed by atoms with Gasteiger partial charge in [0.05, 0.1) is 17.9 Å². The third-order valence-electron chi connectivity index (χ3n) is 7.19. The minimum atomic E-state index is -3.31. The van der Waals surface area contributed by atoms with Crippen LogP contribution in [0.4, 0.5) is 20.2 Å². The van der Waals surface area contributed by atoms with Crippen molar-refractivity contribution < 1.29 is 27.9 Å². The second-order valence-electron chi connectivity index (χ2n) is 9.88. The highest BCUT2D eigenvalue weighted by molar-refractivity contribution is 7.99. The van der Waals surface area contributed by atoms with E-state index in [0.717, 1.165) is 17.6 Å². The van der Waals surface area contributed by atoms with Gasteiger partial charge in [-0.3, -0.25) is 14.4 Å². The number of amides is 3. The summed E-state index contributed by atoms with van der Waals surface area (Å²) >= 11 is 1.73. The lowest BCUT2D eigenvalue weighted by Gasteiger charge is -2.26. The van der Waals surface area contributed by atoms with Crippen molar-refractivity contribution in [1.82, 2.24) is 4.90 Å². The Labute approximate surface area is 247 Å². The normalized spacial score (nSPS) is 17.3. The summed E-state index contributed by atoms with van der Waals surface area (Å²) in [6, 6.07) is 19.6. The van der Waals surface area contributed by atoms with E-state index in [-0.39, 0.29) is 29.2 Å². The molecule has 2 heterocycles. The average Bonchev–Trinajstić information content (AvgIpc) is 3.11. The zero-order chi connectivity index (χ0) is 29.7. The average molecular weight is 592 g/mol. The molecule has 0 bridgehead atoms. The molecular weight excluding hydrogens is 560 g/mol. The number of carbonyl (C=O) groups is 3. The molecule has 1 N–H and O–H groups in total. The van der Waals surface area contributed by atoms with Crippen molar-refractivity contribution in [2.24, 2.45) is 0 Å². The van der Waals surface area contributed by atoms with Crippen LogP contribution in [0.25, 0.3) is 5.57 Å². The number of benzene rings is 3. The lowest BCUT2D eigenvalue weighted by molar-refractivity contribution is -0.125. The summed E-state index contributed by atoms with van der Waals surface area (Å²) in [5.74, 6) is -2.57. The molecule has 3 aromatic rings. The summed E-state index contributed by atoms with van der Waals surface area (Å²) in [6.07, 6.45) is 0.416. The van der Waals surface area contributed by atoms with Crippen LogP contribution in [0, 0.1) is 0 Å². The molecule has 5 rings (SSSR count). The third-order valence-corrected chi connectivity index (χ3v) is 8.13. The number of thioether (sulfide) groups is 1. The number of rotatable bonds is 6. The molecule has 7 nitrogen and oxygen atoms in total. The molecule has 1 saturated heterocycles. The zero-order valence-electron chi connectivity index (χ0n) is 23.1. The van der Waals surface area contributed by atoms with Gasteiger partial charge in [0.1, 0.15) is 5.75 Å². The van der Waals surface area contributed by atoms with E-state index in [4.69, 9.17) is 4.74 Å². The highest BCUT2D eigenvalue weighted by Gasteiger charge is 2.41. The Morgan fingerprint density at radius 1 is 0.952 bits per heavy atom. The third kappa shape index (κ3) is 6.33. The Balaban J connectivity index is 1.38. The van der Waals surface area contributed by atoms with E-state index in [1.807, 2.05) is 6.92 Å². The lowest BCUT2D eigenvalue weighted by atomic mass is 9.96. The number of ether oxygens (including phenoxy) is 1. The van der Waals surface area contributed by atoms with Gasteiger partial charge in [0.2, 0.25) is 5.91 Å². The number of para-hydroxylation sites is 2. The van der Waals surface area contributed by atoms with Gasteiger partial charge in [0.25, 0.3) is 17.7 Å². The first kappa shape index (κ1) is 29.3. The van der Waals surface area contributed by atoms with Gasteiger partial charge in [-0.15, -0.1) is 0 Å². The standard InChI is InChI=1S/C32H31F2N3O4S/c1-2-41-28-10-6-4-8-25(28)30(39)35-23-13-11-22(12-14-23)31(40)37-16-15-32(33,34)26(24-7-3-5-9-27(24)37)21-29(38)36-17-19-42-20-18-36/h3-14,21H,2,15-20H2,1H3,(H,35,39). The topological polar surface area (TPSA) is 79.0 Å². The van der Waals surface area contributed by atoms with Crippen molar-refractivity contribution in [3.63, 3.8) is 0 Å². The maximum atomic E-state index is 15.5. The number of alkyl halides is 2. The largest absolute Gasteiger partial charge is 0.493 e. The summed E-state index contributed by atoms with van der Waals surface area (Å²) in [5.41, 5.74) is 1.22. The highest BCUT2D eigenvalue weighted by Crippen LogP contribution is 2.43. The molecule has 2 aliphatic rings. The van der Waals surface area contributed by atoms with E-state index in [2.05, 4.69) is 5.32 Å². The number of carbonyl (C=O) groups excluding carboxylic acids is 3. The van der Waals surface area contributed by atoms with Crippen LogP contribution >= 0.6 is 11.8 Å². The summed E-state index contributed by atoms with van der Waals surface area (Å²) < 4.78 is 36.6. The number of hydrogen-bond donors (Lipinski definition) is 1. The van der Waals surface area contributed by atoms with E-state index in [1.54, 1.807) is 83.4 Å². The summed E-state index contributed by atoms with van der Waals surface area (Å²) in [6.45, 7) is 3.04. The van der Waals surface area contributed by atoms with Gasteiger partial charge in [-0.05, 0) is 49.4 Å². The molecule has 218 valence electrons. The van der Waals surface area contributed by atoms with E-state index < -0.39 is 24.2 Å². The van der Waals surface area contributed by atoms with E-state index in [0.29, 0.717) is 42.4 Å².